The van der Waals surface area contributed by atoms with Crippen molar-refractivity contribution in [3.63, 3.8) is 0 Å². The molecule has 0 radical (unpaired) electrons. The minimum Gasteiger partial charge on any atom is -0.405 e. The van der Waals surface area contributed by atoms with Gasteiger partial charge in [-0.05, 0) is 6.92 Å². The van der Waals surface area contributed by atoms with E-state index in [2.05, 4.69) is 9.72 Å². The molecule has 1 heterocycles. The third kappa shape index (κ3) is 3.26. The molecule has 96 valence electrons. The highest BCUT2D eigenvalue weighted by molar-refractivity contribution is 5.43. The molecule has 0 amide bonds. The van der Waals surface area contributed by atoms with Crippen molar-refractivity contribution in [1.29, 1.82) is 0 Å². The van der Waals surface area contributed by atoms with Crippen molar-refractivity contribution in [3.8, 4) is 5.75 Å². The number of nitrogens with zero attached hydrogens (tertiary/aromatic N) is 1. The average molecular weight is 256 g/mol. The topological polar surface area (TPSA) is 48.1 Å². The van der Waals surface area contributed by atoms with Gasteiger partial charge in [-0.25, -0.2) is 8.78 Å². The van der Waals surface area contributed by atoms with Crippen LogP contribution in [0, 0.1) is 6.92 Å². The number of nitrogens with two attached hydrogens (primary N) is 1. The fourth-order valence-corrected chi connectivity index (χ4v) is 1.27. The van der Waals surface area contributed by atoms with Crippen LogP contribution >= 0.6 is 0 Å². The highest BCUT2D eigenvalue weighted by Crippen LogP contribution is 2.36. The molecule has 0 aliphatic heterocycles. The first kappa shape index (κ1) is 13.6. The first-order valence-corrected chi connectivity index (χ1v) is 4.48. The van der Waals surface area contributed by atoms with Gasteiger partial charge in [-0.15, -0.1) is 13.2 Å². The van der Waals surface area contributed by atoms with Gasteiger partial charge in [-0.1, -0.05) is 0 Å². The van der Waals surface area contributed by atoms with Gasteiger partial charge in [0.1, 0.15) is 5.75 Å². The van der Waals surface area contributed by atoms with Crippen LogP contribution in [-0.2, 0) is 6.54 Å². The third-order valence-corrected chi connectivity index (χ3v) is 2.03. The van der Waals surface area contributed by atoms with E-state index in [-0.39, 0.29) is 17.8 Å². The maximum absolute atomic E-state index is 12.5. The van der Waals surface area contributed by atoms with Crippen molar-refractivity contribution in [1.82, 2.24) is 4.98 Å². The van der Waals surface area contributed by atoms with Gasteiger partial charge in [0.05, 0.1) is 5.56 Å². The lowest BCUT2D eigenvalue weighted by Gasteiger charge is -2.17. The van der Waals surface area contributed by atoms with E-state index in [1.165, 1.54) is 6.92 Å². The number of pyridine rings is 1. The normalized spacial score (nSPS) is 12.0. The lowest BCUT2D eigenvalue weighted by Crippen LogP contribution is -2.21. The van der Waals surface area contributed by atoms with Crippen LogP contribution < -0.4 is 10.5 Å². The van der Waals surface area contributed by atoms with Crippen LogP contribution in [0.5, 0.6) is 5.75 Å². The molecule has 0 bridgehead atoms. The van der Waals surface area contributed by atoms with Crippen molar-refractivity contribution in [3.05, 3.63) is 23.0 Å². The average Bonchev–Trinajstić information content (AvgIpc) is 2.15. The number of halogens is 5. The van der Waals surface area contributed by atoms with Gasteiger partial charge in [0.25, 0.3) is 6.43 Å². The molecule has 3 nitrogen and oxygen atoms in total. The molecule has 0 fully saturated rings. The SMILES string of the molecule is Cc1ncc(C(F)F)c(OC(F)(F)F)c1CN. The molecular weight excluding hydrogens is 247 g/mol. The Morgan fingerprint density at radius 3 is 2.41 bits per heavy atom. The Morgan fingerprint density at radius 1 is 1.41 bits per heavy atom. The molecule has 0 aliphatic carbocycles. The van der Waals surface area contributed by atoms with Crippen molar-refractivity contribution in [2.45, 2.75) is 26.3 Å². The smallest absolute Gasteiger partial charge is 0.405 e. The fourth-order valence-electron chi connectivity index (χ4n) is 1.27. The Morgan fingerprint density at radius 2 is 2.00 bits per heavy atom. The molecule has 1 aromatic rings. The number of rotatable bonds is 3. The Balaban J connectivity index is 3.34. The second kappa shape index (κ2) is 4.82. The van der Waals surface area contributed by atoms with Crippen LogP contribution in [0.3, 0.4) is 0 Å². The summed E-state index contributed by atoms with van der Waals surface area (Å²) in [5, 5.41) is 0. The number of ether oxygens (including phenoxy) is 1. The standard InChI is InChI=1S/C9H9F5N2O/c1-4-5(2-15)7(17-9(12,13)14)6(3-16-4)8(10)11/h3,8H,2,15H2,1H3. The lowest BCUT2D eigenvalue weighted by atomic mass is 10.1. The maximum Gasteiger partial charge on any atom is 0.573 e. The predicted molar refractivity (Wildman–Crippen MR) is 48.5 cm³/mol. The van der Waals surface area contributed by atoms with E-state index in [9.17, 15) is 22.0 Å². The zero-order valence-corrected chi connectivity index (χ0v) is 8.68. The van der Waals surface area contributed by atoms with Crippen LogP contribution in [0.15, 0.2) is 6.20 Å². The Hall–Kier alpha value is -1.44. The Labute approximate surface area is 93.4 Å². The first-order chi connectivity index (χ1) is 7.76. The molecule has 0 spiro atoms. The van der Waals surface area contributed by atoms with Gasteiger partial charge in [0, 0.05) is 24.0 Å². The summed E-state index contributed by atoms with van der Waals surface area (Å²) in [6.07, 6.45) is -7.52. The summed E-state index contributed by atoms with van der Waals surface area (Å²) in [5.41, 5.74) is 4.23. The zero-order chi connectivity index (χ0) is 13.2. The Kier molecular flexibility index (Phi) is 3.87. The molecule has 0 aliphatic rings. The molecular formula is C9H9F5N2O. The molecule has 0 saturated heterocycles. The van der Waals surface area contributed by atoms with E-state index >= 15 is 0 Å². The van der Waals surface area contributed by atoms with E-state index in [0.29, 0.717) is 6.20 Å². The number of alkyl halides is 5. The highest BCUT2D eigenvalue weighted by atomic mass is 19.4. The monoisotopic (exact) mass is 256 g/mol. The van der Waals surface area contributed by atoms with Gasteiger partial charge in [-0.2, -0.15) is 0 Å². The minimum atomic E-state index is -5.05. The summed E-state index contributed by atoms with van der Waals surface area (Å²) < 4.78 is 65.0. The summed E-state index contributed by atoms with van der Waals surface area (Å²) >= 11 is 0. The van der Waals surface area contributed by atoms with Crippen molar-refractivity contribution in [2.75, 3.05) is 0 Å². The summed E-state index contributed by atoms with van der Waals surface area (Å²) in [5.74, 6) is -0.956. The molecule has 0 aromatic carbocycles. The number of hydrogen-bond donors (Lipinski definition) is 1. The highest BCUT2D eigenvalue weighted by Gasteiger charge is 2.35. The van der Waals surface area contributed by atoms with Crippen molar-refractivity contribution >= 4 is 0 Å². The summed E-state index contributed by atoms with van der Waals surface area (Å²) in [6.45, 7) is 0.992. The van der Waals surface area contributed by atoms with Crippen LogP contribution in [0.1, 0.15) is 23.2 Å². The molecule has 17 heavy (non-hydrogen) atoms. The van der Waals surface area contributed by atoms with Gasteiger partial charge in [-0.3, -0.25) is 4.98 Å². The number of aryl methyl sites for hydroxylation is 1. The quantitative estimate of drug-likeness (QED) is 0.846. The molecule has 1 aromatic heterocycles. The maximum atomic E-state index is 12.5. The van der Waals surface area contributed by atoms with Gasteiger partial charge >= 0.3 is 6.36 Å². The molecule has 1 rings (SSSR count). The molecule has 2 N–H and O–H groups in total. The molecule has 0 atom stereocenters. The van der Waals surface area contributed by atoms with E-state index < -0.39 is 24.1 Å². The van der Waals surface area contributed by atoms with Gasteiger partial charge in [0.2, 0.25) is 0 Å². The molecule has 0 saturated carbocycles. The fraction of sp³-hybridized carbons (Fsp3) is 0.444. The van der Waals surface area contributed by atoms with E-state index in [1.807, 2.05) is 0 Å². The van der Waals surface area contributed by atoms with Crippen LogP contribution in [0.4, 0.5) is 22.0 Å². The predicted octanol–water partition coefficient (Wildman–Crippen LogP) is 2.68. The number of hydrogen-bond acceptors (Lipinski definition) is 3. The van der Waals surface area contributed by atoms with Crippen LogP contribution in [0.25, 0.3) is 0 Å². The van der Waals surface area contributed by atoms with Crippen LogP contribution in [0.2, 0.25) is 0 Å². The second-order valence-corrected chi connectivity index (χ2v) is 3.16. The van der Waals surface area contributed by atoms with E-state index in [1.54, 1.807) is 0 Å². The second-order valence-electron chi connectivity index (χ2n) is 3.16. The summed E-state index contributed by atoms with van der Waals surface area (Å²) in [7, 11) is 0. The third-order valence-electron chi connectivity index (χ3n) is 2.03. The Bertz CT molecular complexity index is 405. The van der Waals surface area contributed by atoms with Gasteiger partial charge < -0.3 is 10.5 Å². The largest absolute Gasteiger partial charge is 0.573 e. The number of aromatic nitrogens is 1. The lowest BCUT2D eigenvalue weighted by molar-refractivity contribution is -0.275. The first-order valence-electron chi connectivity index (χ1n) is 4.48. The zero-order valence-electron chi connectivity index (χ0n) is 8.68. The van der Waals surface area contributed by atoms with E-state index in [4.69, 9.17) is 5.73 Å². The van der Waals surface area contributed by atoms with Crippen LogP contribution in [-0.4, -0.2) is 11.3 Å². The minimum absolute atomic E-state index is 0.121. The molecule has 8 heteroatoms. The van der Waals surface area contributed by atoms with E-state index in [0.717, 1.165) is 0 Å². The molecule has 0 unspecified atom stereocenters. The van der Waals surface area contributed by atoms with Crippen molar-refractivity contribution in [2.24, 2.45) is 5.73 Å². The van der Waals surface area contributed by atoms with Gasteiger partial charge in [0.15, 0.2) is 0 Å². The summed E-state index contributed by atoms with van der Waals surface area (Å²) in [6, 6.07) is 0. The summed E-state index contributed by atoms with van der Waals surface area (Å²) in [4.78, 5) is 3.55. The van der Waals surface area contributed by atoms with Crippen molar-refractivity contribution < 1.29 is 26.7 Å².